The monoisotopic (exact) mass is 559 g/mol. The van der Waals surface area contributed by atoms with E-state index in [2.05, 4.69) is 11.6 Å². The Morgan fingerprint density at radius 3 is 2.39 bits per heavy atom. The lowest BCUT2D eigenvalue weighted by Crippen LogP contribution is -2.30. The van der Waals surface area contributed by atoms with Gasteiger partial charge in [0.25, 0.3) is 0 Å². The predicted octanol–water partition coefficient (Wildman–Crippen LogP) is 8.42. The van der Waals surface area contributed by atoms with E-state index >= 15 is 0 Å². The second-order valence-corrected chi connectivity index (χ2v) is 10.2. The van der Waals surface area contributed by atoms with Crippen LogP contribution < -0.4 is 4.90 Å². The predicted molar refractivity (Wildman–Crippen MR) is 158 cm³/mol. The second-order valence-electron chi connectivity index (χ2n) is 10.2. The Morgan fingerprint density at radius 2 is 1.71 bits per heavy atom. The second kappa shape index (κ2) is 12.2. The van der Waals surface area contributed by atoms with Crippen LogP contribution >= 0.6 is 0 Å². The Bertz CT molecular complexity index is 1490. The van der Waals surface area contributed by atoms with E-state index in [-0.39, 0.29) is 24.3 Å². The van der Waals surface area contributed by atoms with Gasteiger partial charge >= 0.3 is 6.18 Å². The van der Waals surface area contributed by atoms with Gasteiger partial charge in [-0.2, -0.15) is 13.2 Å². The Labute approximate surface area is 238 Å². The van der Waals surface area contributed by atoms with Crippen LogP contribution in [0.3, 0.4) is 0 Å². The number of methoxy groups -OCH3 is 1. The molecule has 0 saturated heterocycles. The van der Waals surface area contributed by atoms with Gasteiger partial charge in [0.05, 0.1) is 69.5 Å². The number of para-hydroxylation sites is 3. The van der Waals surface area contributed by atoms with Gasteiger partial charge in [-0.25, -0.2) is 9.98 Å². The van der Waals surface area contributed by atoms with E-state index < -0.39 is 11.7 Å². The number of nitrogens with zero attached hydrogens (tertiary/aromatic N) is 5. The van der Waals surface area contributed by atoms with Gasteiger partial charge in [-0.3, -0.25) is 9.98 Å². The average molecular weight is 560 g/mol. The first-order valence-electron chi connectivity index (χ1n) is 13.6. The number of allylic oxidation sites excluding steroid dienone is 1. The summed E-state index contributed by atoms with van der Waals surface area (Å²) < 4.78 is 47.8. The minimum atomic E-state index is -4.54. The molecular formula is C32H32F3N5O. The van der Waals surface area contributed by atoms with Crippen molar-refractivity contribution in [3.8, 4) is 0 Å². The van der Waals surface area contributed by atoms with Gasteiger partial charge in [-0.1, -0.05) is 30.8 Å². The van der Waals surface area contributed by atoms with Crippen LogP contribution in [0.5, 0.6) is 0 Å². The number of benzene rings is 2. The first-order chi connectivity index (χ1) is 19.7. The van der Waals surface area contributed by atoms with E-state index in [0.29, 0.717) is 34.2 Å². The summed E-state index contributed by atoms with van der Waals surface area (Å²) in [6, 6.07) is 16.5. The van der Waals surface area contributed by atoms with Crippen molar-refractivity contribution in [2.75, 3.05) is 12.0 Å². The highest BCUT2D eigenvalue weighted by Crippen LogP contribution is 2.46. The van der Waals surface area contributed by atoms with Crippen LogP contribution in [0, 0.1) is 0 Å². The molecule has 2 aromatic carbocycles. The van der Waals surface area contributed by atoms with Gasteiger partial charge in [0.2, 0.25) is 0 Å². The van der Waals surface area contributed by atoms with Gasteiger partial charge in [-0.15, -0.1) is 0 Å². The summed E-state index contributed by atoms with van der Waals surface area (Å²) in [7, 11) is 1.74. The summed E-state index contributed by atoms with van der Waals surface area (Å²) in [6.07, 6.45) is 3.01. The number of hydrogen-bond donors (Lipinski definition) is 0. The van der Waals surface area contributed by atoms with Crippen molar-refractivity contribution >= 4 is 39.9 Å². The molecule has 0 unspecified atom stereocenters. The molecule has 0 amide bonds. The van der Waals surface area contributed by atoms with Crippen LogP contribution in [0.2, 0.25) is 0 Å². The summed E-state index contributed by atoms with van der Waals surface area (Å²) in [5, 5.41) is 0. The van der Waals surface area contributed by atoms with Crippen LogP contribution in [-0.2, 0) is 10.9 Å². The first kappa shape index (κ1) is 28.4. The maximum Gasteiger partial charge on any atom is 0.418 e. The molecule has 0 atom stereocenters. The van der Waals surface area contributed by atoms with Crippen molar-refractivity contribution in [3.05, 3.63) is 90.9 Å². The van der Waals surface area contributed by atoms with E-state index in [0.717, 1.165) is 37.5 Å². The number of rotatable bonds is 7. The van der Waals surface area contributed by atoms with E-state index in [1.165, 1.54) is 12.1 Å². The zero-order chi connectivity index (χ0) is 29.0. The molecule has 0 bridgehead atoms. The van der Waals surface area contributed by atoms with Crippen molar-refractivity contribution in [2.45, 2.75) is 57.3 Å². The molecule has 0 spiro atoms. The number of halogens is 3. The van der Waals surface area contributed by atoms with Gasteiger partial charge in [-0.05, 0) is 69.0 Å². The Kier molecular flexibility index (Phi) is 8.44. The lowest BCUT2D eigenvalue weighted by atomic mass is 9.93. The van der Waals surface area contributed by atoms with Gasteiger partial charge in [0.15, 0.2) is 0 Å². The standard InChI is InChI=1S/C32H32F3N5O/c1-21(37-23-14-16-25(41-3)17-15-23)28(38-24-9-8-18-36-20-24)19-29-22(2)40(31-13-7-5-11-27(31)39-29)30-12-6-4-10-26(30)32(33,34)35/h4-13,18,20,23,25H,2,14-17,19H2,1,3H3. The number of anilines is 2. The SMILES string of the molecule is C=C1C(CC(=Nc2cccnc2)C(C)=NC2CCC(OC)CC2)=Nc2ccccc2N1c1ccccc1C(F)(F)F. The van der Waals surface area contributed by atoms with Gasteiger partial charge < -0.3 is 9.64 Å². The lowest BCUT2D eigenvalue weighted by molar-refractivity contribution is -0.137. The van der Waals surface area contributed by atoms with Gasteiger partial charge in [0, 0.05) is 19.7 Å². The normalized spacial score (nSPS) is 20.1. The fourth-order valence-corrected chi connectivity index (χ4v) is 5.30. The number of aromatic nitrogens is 1. The third kappa shape index (κ3) is 6.46. The molecule has 3 aromatic rings. The quantitative estimate of drug-likeness (QED) is 0.273. The molecule has 1 aliphatic carbocycles. The topological polar surface area (TPSA) is 62.4 Å². The Morgan fingerprint density at radius 1 is 1.00 bits per heavy atom. The maximum atomic E-state index is 14.1. The first-order valence-corrected chi connectivity index (χ1v) is 13.6. The smallest absolute Gasteiger partial charge is 0.381 e. The molecule has 0 N–H and O–H groups in total. The van der Waals surface area contributed by atoms with Crippen molar-refractivity contribution < 1.29 is 17.9 Å². The molecule has 1 saturated carbocycles. The fraction of sp³-hybridized carbons (Fsp3) is 0.312. The Hall–Kier alpha value is -4.11. The number of alkyl halides is 3. The molecule has 1 aromatic heterocycles. The van der Waals surface area contributed by atoms with Crippen molar-refractivity contribution in [3.63, 3.8) is 0 Å². The fourth-order valence-electron chi connectivity index (χ4n) is 5.30. The minimum Gasteiger partial charge on any atom is -0.381 e. The maximum absolute atomic E-state index is 14.1. The average Bonchev–Trinajstić information content (AvgIpc) is 2.97. The summed E-state index contributed by atoms with van der Waals surface area (Å²) in [5.74, 6) is 0. The van der Waals surface area contributed by atoms with Crippen LogP contribution in [0.25, 0.3) is 0 Å². The van der Waals surface area contributed by atoms with E-state index in [9.17, 15) is 13.2 Å². The van der Waals surface area contributed by atoms with Crippen LogP contribution in [0.4, 0.5) is 35.9 Å². The van der Waals surface area contributed by atoms with Crippen molar-refractivity contribution in [1.29, 1.82) is 0 Å². The molecule has 2 heterocycles. The van der Waals surface area contributed by atoms with Crippen molar-refractivity contribution in [1.82, 2.24) is 4.98 Å². The molecule has 0 radical (unpaired) electrons. The van der Waals surface area contributed by atoms with E-state index in [1.54, 1.807) is 54.7 Å². The number of ether oxygens (including phenoxy) is 1. The summed E-state index contributed by atoms with van der Waals surface area (Å²) in [4.78, 5) is 20.5. The molecule has 2 aliphatic rings. The third-order valence-corrected chi connectivity index (χ3v) is 7.45. The minimum absolute atomic E-state index is 0.00381. The number of fused-ring (bicyclic) bond motifs is 1. The summed E-state index contributed by atoms with van der Waals surface area (Å²) in [5.41, 5.74) is 3.28. The summed E-state index contributed by atoms with van der Waals surface area (Å²) in [6.45, 7) is 6.16. The van der Waals surface area contributed by atoms with Crippen LogP contribution in [-0.4, -0.2) is 41.4 Å². The molecule has 1 fully saturated rings. The van der Waals surface area contributed by atoms with Crippen LogP contribution in [0.1, 0.15) is 44.6 Å². The van der Waals surface area contributed by atoms with Crippen molar-refractivity contribution in [2.24, 2.45) is 15.0 Å². The zero-order valence-electron chi connectivity index (χ0n) is 23.1. The van der Waals surface area contributed by atoms with Crippen LogP contribution in [0.15, 0.2) is 100 Å². The largest absolute Gasteiger partial charge is 0.418 e. The highest BCUT2D eigenvalue weighted by Gasteiger charge is 2.37. The number of hydrogen-bond acceptors (Lipinski definition) is 6. The molecule has 212 valence electrons. The highest BCUT2D eigenvalue weighted by molar-refractivity contribution is 6.46. The van der Waals surface area contributed by atoms with Gasteiger partial charge in [0.1, 0.15) is 0 Å². The Balaban J connectivity index is 1.54. The van der Waals surface area contributed by atoms with E-state index in [1.807, 2.05) is 19.1 Å². The molecule has 6 nitrogen and oxygen atoms in total. The highest BCUT2D eigenvalue weighted by atomic mass is 19.4. The van der Waals surface area contributed by atoms with E-state index in [4.69, 9.17) is 19.7 Å². The molecule has 9 heteroatoms. The zero-order valence-corrected chi connectivity index (χ0v) is 23.1. The molecule has 5 rings (SSSR count). The lowest BCUT2D eigenvalue weighted by Gasteiger charge is -2.34. The molecular weight excluding hydrogens is 527 g/mol. The third-order valence-electron chi connectivity index (χ3n) is 7.45. The number of pyridine rings is 1. The molecule has 41 heavy (non-hydrogen) atoms. The number of aliphatic imine (C=N–C) groups is 3. The summed E-state index contributed by atoms with van der Waals surface area (Å²) >= 11 is 0. The molecule has 1 aliphatic heterocycles.